The molecule has 2 heterocycles. The Labute approximate surface area is 177 Å². The van der Waals surface area contributed by atoms with Crippen LogP contribution in [0.4, 0.5) is 0 Å². The van der Waals surface area contributed by atoms with Crippen LogP contribution in [0.1, 0.15) is 52.9 Å². The van der Waals surface area contributed by atoms with E-state index in [4.69, 9.17) is 14.2 Å². The van der Waals surface area contributed by atoms with Crippen molar-refractivity contribution in [2.45, 2.75) is 52.9 Å². The van der Waals surface area contributed by atoms with Crippen LogP contribution in [0.15, 0.2) is 0 Å². The lowest BCUT2D eigenvalue weighted by atomic mass is 9.60. The first kappa shape index (κ1) is 21.3. The lowest BCUT2D eigenvalue weighted by Crippen LogP contribution is -2.49. The summed E-state index contributed by atoms with van der Waals surface area (Å²) in [5.74, 6) is -2.98. The van der Waals surface area contributed by atoms with Gasteiger partial charge in [-0.3, -0.25) is 19.2 Å². The van der Waals surface area contributed by atoms with Crippen LogP contribution in [0.2, 0.25) is 0 Å². The van der Waals surface area contributed by atoms with Crippen LogP contribution in [-0.2, 0) is 33.4 Å². The van der Waals surface area contributed by atoms with E-state index in [2.05, 4.69) is 6.92 Å². The molecule has 2 saturated carbocycles. The average Bonchev–Trinajstić information content (AvgIpc) is 3.37. The van der Waals surface area contributed by atoms with E-state index in [1.54, 1.807) is 6.92 Å². The van der Waals surface area contributed by atoms with Crippen LogP contribution >= 0.6 is 0 Å². The average molecular weight is 421 g/mol. The molecule has 166 valence electrons. The van der Waals surface area contributed by atoms with Crippen LogP contribution in [-0.4, -0.2) is 37.6 Å². The fraction of sp³-hybridized carbons (Fsp3) is 0.826. The summed E-state index contributed by atoms with van der Waals surface area (Å²) in [6, 6.07) is 0. The maximum atomic E-state index is 13.1. The number of ether oxygens (including phenoxy) is 3. The van der Waals surface area contributed by atoms with Crippen LogP contribution < -0.4 is 0 Å². The van der Waals surface area contributed by atoms with Gasteiger partial charge in [0, 0.05) is 0 Å². The fourth-order valence-corrected chi connectivity index (χ4v) is 6.99. The molecule has 2 bridgehead atoms. The highest BCUT2D eigenvalue weighted by atomic mass is 16.6. The number of carbonyl (C=O) groups is 4. The predicted octanol–water partition coefficient (Wildman–Crippen LogP) is 2.75. The third kappa shape index (κ3) is 3.16. The van der Waals surface area contributed by atoms with Gasteiger partial charge in [0.15, 0.2) is 0 Å². The van der Waals surface area contributed by atoms with Gasteiger partial charge in [-0.05, 0) is 68.6 Å². The lowest BCUT2D eigenvalue weighted by Gasteiger charge is -2.41. The van der Waals surface area contributed by atoms with Crippen molar-refractivity contribution in [3.8, 4) is 0 Å². The van der Waals surface area contributed by atoms with Crippen molar-refractivity contribution in [2.75, 3.05) is 13.7 Å². The summed E-state index contributed by atoms with van der Waals surface area (Å²) in [6.45, 7) is 6.12. The number of carbonyl (C=O) groups excluding carboxylic acids is 4. The Morgan fingerprint density at radius 1 is 1.07 bits per heavy atom. The second kappa shape index (κ2) is 7.65. The van der Waals surface area contributed by atoms with E-state index in [9.17, 15) is 19.2 Å². The molecule has 9 unspecified atom stereocenters. The third-order valence-corrected chi connectivity index (χ3v) is 8.70. The monoisotopic (exact) mass is 420 g/mol. The highest BCUT2D eigenvalue weighted by Gasteiger charge is 2.64. The van der Waals surface area contributed by atoms with E-state index in [0.29, 0.717) is 30.8 Å². The lowest BCUT2D eigenvalue weighted by molar-refractivity contribution is -0.170. The van der Waals surface area contributed by atoms with Gasteiger partial charge in [0.05, 0.1) is 36.9 Å². The first-order valence-electron chi connectivity index (χ1n) is 11.2. The zero-order valence-electron chi connectivity index (χ0n) is 18.2. The Balaban J connectivity index is 1.71. The van der Waals surface area contributed by atoms with Crippen LogP contribution in [0, 0.1) is 52.8 Å². The minimum absolute atomic E-state index is 0.0169. The molecule has 0 amide bonds. The number of rotatable bonds is 5. The van der Waals surface area contributed by atoms with Gasteiger partial charge in [0.25, 0.3) is 0 Å². The van der Waals surface area contributed by atoms with Gasteiger partial charge in [-0.15, -0.1) is 0 Å². The van der Waals surface area contributed by atoms with E-state index < -0.39 is 41.1 Å². The molecule has 30 heavy (non-hydrogen) atoms. The van der Waals surface area contributed by atoms with Gasteiger partial charge in [0.2, 0.25) is 0 Å². The summed E-state index contributed by atoms with van der Waals surface area (Å²) < 4.78 is 15.5. The SMILES string of the molecule is COC(=O)C(C)(CC1C(=O)OCCC1C)C1C(=O)OC(=O)C1C1C2CCC(C2)C1C. The molecule has 0 aromatic carbocycles. The maximum Gasteiger partial charge on any atom is 0.318 e. The number of cyclic esters (lactones) is 3. The Bertz CT molecular complexity index is 759. The second-order valence-corrected chi connectivity index (χ2v) is 10.2. The molecule has 4 fully saturated rings. The summed E-state index contributed by atoms with van der Waals surface area (Å²) in [4.78, 5) is 51.4. The van der Waals surface area contributed by atoms with Gasteiger partial charge in [0.1, 0.15) is 0 Å². The number of hydrogen-bond acceptors (Lipinski definition) is 7. The molecule has 2 aliphatic heterocycles. The number of fused-ring (bicyclic) bond motifs is 2. The molecule has 7 nitrogen and oxygen atoms in total. The smallest absolute Gasteiger partial charge is 0.318 e. The largest absolute Gasteiger partial charge is 0.469 e. The quantitative estimate of drug-likeness (QED) is 0.383. The summed E-state index contributed by atoms with van der Waals surface area (Å²) in [5, 5.41) is 0. The van der Waals surface area contributed by atoms with Crippen molar-refractivity contribution < 1.29 is 33.4 Å². The second-order valence-electron chi connectivity index (χ2n) is 10.2. The Hall–Kier alpha value is -1.92. The molecule has 2 saturated heterocycles. The van der Waals surface area contributed by atoms with Gasteiger partial charge >= 0.3 is 23.9 Å². The molecule has 0 aromatic heterocycles. The molecule has 7 heteroatoms. The summed E-state index contributed by atoms with van der Waals surface area (Å²) in [6.07, 6.45) is 4.08. The molecule has 2 aliphatic carbocycles. The normalized spacial score (nSPS) is 42.6. The summed E-state index contributed by atoms with van der Waals surface area (Å²) >= 11 is 0. The minimum Gasteiger partial charge on any atom is -0.469 e. The summed E-state index contributed by atoms with van der Waals surface area (Å²) in [5.41, 5.74) is -1.33. The minimum atomic E-state index is -1.33. The molecule has 0 aromatic rings. The van der Waals surface area contributed by atoms with Crippen LogP contribution in [0.5, 0.6) is 0 Å². The van der Waals surface area contributed by atoms with Crippen molar-refractivity contribution in [3.05, 3.63) is 0 Å². The van der Waals surface area contributed by atoms with E-state index in [1.165, 1.54) is 7.11 Å². The number of esters is 4. The van der Waals surface area contributed by atoms with Crippen molar-refractivity contribution >= 4 is 23.9 Å². The van der Waals surface area contributed by atoms with Gasteiger partial charge in [-0.25, -0.2) is 0 Å². The molecule has 4 rings (SSSR count). The van der Waals surface area contributed by atoms with E-state index in [0.717, 1.165) is 19.3 Å². The molecule has 0 radical (unpaired) electrons. The fourth-order valence-electron chi connectivity index (χ4n) is 6.99. The van der Waals surface area contributed by atoms with Crippen molar-refractivity contribution in [1.29, 1.82) is 0 Å². The standard InChI is InChI=1S/C23H32O7/c1-11-7-8-29-19(24)15(11)10-23(3,22(27)28-4)18-17(20(25)30-21(18)26)16-12(2)13-5-6-14(16)9-13/h11-18H,5-10H2,1-4H3. The van der Waals surface area contributed by atoms with Crippen LogP contribution in [0.25, 0.3) is 0 Å². The molecule has 9 atom stereocenters. The van der Waals surface area contributed by atoms with Gasteiger partial charge in [-0.1, -0.05) is 13.8 Å². The zero-order valence-corrected chi connectivity index (χ0v) is 18.2. The zero-order chi connectivity index (χ0) is 21.8. The molecular formula is C23H32O7. The van der Waals surface area contributed by atoms with Gasteiger partial charge in [-0.2, -0.15) is 0 Å². The third-order valence-electron chi connectivity index (χ3n) is 8.70. The van der Waals surface area contributed by atoms with E-state index >= 15 is 0 Å². The number of hydrogen-bond donors (Lipinski definition) is 0. The summed E-state index contributed by atoms with van der Waals surface area (Å²) in [7, 11) is 1.28. The van der Waals surface area contributed by atoms with Gasteiger partial charge < -0.3 is 14.2 Å². The molecule has 0 spiro atoms. The van der Waals surface area contributed by atoms with Crippen molar-refractivity contribution in [1.82, 2.24) is 0 Å². The number of methoxy groups -OCH3 is 1. The highest BCUT2D eigenvalue weighted by Crippen LogP contribution is 2.59. The van der Waals surface area contributed by atoms with Crippen molar-refractivity contribution in [2.24, 2.45) is 52.8 Å². The highest BCUT2D eigenvalue weighted by molar-refractivity contribution is 6.00. The Morgan fingerprint density at radius 3 is 2.37 bits per heavy atom. The topological polar surface area (TPSA) is 96.0 Å². The molecule has 4 aliphatic rings. The first-order valence-corrected chi connectivity index (χ1v) is 11.2. The molecular weight excluding hydrogens is 388 g/mol. The van der Waals surface area contributed by atoms with E-state index in [-0.39, 0.29) is 24.2 Å². The molecule has 0 N–H and O–H groups in total. The Kier molecular flexibility index (Phi) is 5.43. The Morgan fingerprint density at radius 2 is 1.77 bits per heavy atom. The predicted molar refractivity (Wildman–Crippen MR) is 105 cm³/mol. The van der Waals surface area contributed by atoms with Crippen LogP contribution in [0.3, 0.4) is 0 Å². The maximum absolute atomic E-state index is 13.1. The van der Waals surface area contributed by atoms with E-state index in [1.807, 2.05) is 6.92 Å². The van der Waals surface area contributed by atoms with Crippen molar-refractivity contribution in [3.63, 3.8) is 0 Å². The first-order chi connectivity index (χ1) is 14.2.